The van der Waals surface area contributed by atoms with Crippen molar-refractivity contribution in [3.63, 3.8) is 0 Å². The van der Waals surface area contributed by atoms with Crippen molar-refractivity contribution in [2.24, 2.45) is 0 Å². The lowest BCUT2D eigenvalue weighted by molar-refractivity contribution is 0.575. The SMILES string of the molecule is Fc1ccc2c(N3C[C@@H]4C[C@H]3CN4)nn(-c3ccnc(NCc4ccccc4)c3)c2c1. The minimum atomic E-state index is -0.263. The zero-order chi connectivity index (χ0) is 20.8. The molecule has 0 radical (unpaired) electrons. The molecule has 31 heavy (non-hydrogen) atoms. The van der Waals surface area contributed by atoms with Crippen LogP contribution in [0.1, 0.15) is 12.0 Å². The second-order valence-electron chi connectivity index (χ2n) is 8.28. The highest BCUT2D eigenvalue weighted by Crippen LogP contribution is 2.35. The van der Waals surface area contributed by atoms with Gasteiger partial charge in [0.1, 0.15) is 11.6 Å². The number of benzene rings is 2. The van der Waals surface area contributed by atoms with Gasteiger partial charge in [0, 0.05) is 55.4 Å². The maximum absolute atomic E-state index is 14.2. The zero-order valence-corrected chi connectivity index (χ0v) is 17.0. The molecule has 4 heterocycles. The average Bonchev–Trinajstić information content (AvgIpc) is 3.52. The maximum Gasteiger partial charge on any atom is 0.159 e. The van der Waals surface area contributed by atoms with Gasteiger partial charge >= 0.3 is 0 Å². The summed E-state index contributed by atoms with van der Waals surface area (Å²) in [5.41, 5.74) is 2.81. The van der Waals surface area contributed by atoms with Gasteiger partial charge in [-0.2, -0.15) is 0 Å². The summed E-state index contributed by atoms with van der Waals surface area (Å²) in [7, 11) is 0. The molecule has 2 aromatic heterocycles. The Morgan fingerprint density at radius 3 is 2.81 bits per heavy atom. The first-order valence-corrected chi connectivity index (χ1v) is 10.7. The lowest BCUT2D eigenvalue weighted by Crippen LogP contribution is -2.43. The summed E-state index contributed by atoms with van der Waals surface area (Å²) >= 11 is 0. The van der Waals surface area contributed by atoms with Gasteiger partial charge in [0.05, 0.1) is 11.2 Å². The van der Waals surface area contributed by atoms with Crippen molar-refractivity contribution in [2.45, 2.75) is 25.0 Å². The molecule has 2 fully saturated rings. The number of rotatable bonds is 5. The van der Waals surface area contributed by atoms with Crippen molar-refractivity contribution in [1.82, 2.24) is 20.1 Å². The number of aromatic nitrogens is 3. The van der Waals surface area contributed by atoms with Gasteiger partial charge in [0.2, 0.25) is 0 Å². The Hall–Kier alpha value is -3.45. The molecule has 2 aromatic carbocycles. The minimum absolute atomic E-state index is 0.263. The number of hydrogen-bond acceptors (Lipinski definition) is 5. The van der Waals surface area contributed by atoms with E-state index in [0.717, 1.165) is 47.7 Å². The van der Waals surface area contributed by atoms with Crippen molar-refractivity contribution >= 4 is 22.5 Å². The van der Waals surface area contributed by atoms with Crippen LogP contribution in [0.2, 0.25) is 0 Å². The van der Waals surface area contributed by atoms with Crippen LogP contribution in [0.25, 0.3) is 16.6 Å². The highest BCUT2D eigenvalue weighted by molar-refractivity contribution is 5.92. The minimum Gasteiger partial charge on any atom is -0.366 e. The smallest absolute Gasteiger partial charge is 0.159 e. The van der Waals surface area contributed by atoms with E-state index < -0.39 is 0 Å². The van der Waals surface area contributed by atoms with Crippen LogP contribution in [0.4, 0.5) is 16.0 Å². The number of anilines is 2. The van der Waals surface area contributed by atoms with E-state index in [-0.39, 0.29) is 5.82 Å². The Kier molecular flexibility index (Phi) is 4.35. The van der Waals surface area contributed by atoms with Crippen molar-refractivity contribution in [3.05, 3.63) is 78.2 Å². The predicted molar refractivity (Wildman–Crippen MR) is 120 cm³/mol. The van der Waals surface area contributed by atoms with Gasteiger partial charge in [0.15, 0.2) is 5.82 Å². The van der Waals surface area contributed by atoms with Gasteiger partial charge in [-0.3, -0.25) is 0 Å². The normalized spacial score (nSPS) is 20.0. The zero-order valence-electron chi connectivity index (χ0n) is 17.0. The molecule has 2 aliphatic heterocycles. The predicted octanol–water partition coefficient (Wildman–Crippen LogP) is 3.72. The van der Waals surface area contributed by atoms with E-state index in [1.54, 1.807) is 12.3 Å². The average molecular weight is 414 g/mol. The number of nitrogens with zero attached hydrogens (tertiary/aromatic N) is 4. The van der Waals surface area contributed by atoms with Crippen LogP contribution in [0.3, 0.4) is 0 Å². The third kappa shape index (κ3) is 3.31. The summed E-state index contributed by atoms with van der Waals surface area (Å²) in [4.78, 5) is 6.82. The fraction of sp³-hybridized carbons (Fsp3) is 0.250. The van der Waals surface area contributed by atoms with E-state index in [0.29, 0.717) is 18.6 Å². The molecule has 0 amide bonds. The van der Waals surface area contributed by atoms with Crippen LogP contribution in [0, 0.1) is 5.82 Å². The first-order valence-electron chi connectivity index (χ1n) is 10.7. The Morgan fingerprint density at radius 1 is 1.10 bits per heavy atom. The van der Waals surface area contributed by atoms with Gasteiger partial charge in [-0.25, -0.2) is 14.1 Å². The maximum atomic E-state index is 14.2. The van der Waals surface area contributed by atoms with E-state index in [1.165, 1.54) is 11.6 Å². The topological polar surface area (TPSA) is 58.0 Å². The number of piperazine rings is 1. The molecule has 2 aliphatic rings. The van der Waals surface area contributed by atoms with Crippen LogP contribution in [0.15, 0.2) is 66.9 Å². The fourth-order valence-corrected chi connectivity index (χ4v) is 4.74. The highest BCUT2D eigenvalue weighted by atomic mass is 19.1. The van der Waals surface area contributed by atoms with Crippen LogP contribution in [0.5, 0.6) is 0 Å². The van der Waals surface area contributed by atoms with Gasteiger partial charge in [-0.05, 0) is 30.2 Å². The second kappa shape index (κ2) is 7.35. The summed E-state index contributed by atoms with van der Waals surface area (Å²) < 4.78 is 16.0. The molecule has 6 nitrogen and oxygen atoms in total. The number of pyridine rings is 1. The van der Waals surface area contributed by atoms with Crippen molar-refractivity contribution in [2.75, 3.05) is 23.3 Å². The molecule has 0 unspecified atom stereocenters. The molecule has 2 N–H and O–H groups in total. The summed E-state index contributed by atoms with van der Waals surface area (Å²) in [6.07, 6.45) is 2.90. The van der Waals surface area contributed by atoms with Gasteiger partial charge < -0.3 is 15.5 Å². The van der Waals surface area contributed by atoms with Gasteiger partial charge in [-0.15, -0.1) is 5.10 Å². The summed E-state index contributed by atoms with van der Waals surface area (Å²) in [5.74, 6) is 1.42. The molecule has 0 saturated carbocycles. The quantitative estimate of drug-likeness (QED) is 0.521. The van der Waals surface area contributed by atoms with Crippen molar-refractivity contribution in [1.29, 1.82) is 0 Å². The Labute approximate surface area is 179 Å². The second-order valence-corrected chi connectivity index (χ2v) is 8.28. The Balaban J connectivity index is 1.37. The molecule has 7 heteroatoms. The third-order valence-corrected chi connectivity index (χ3v) is 6.26. The molecular weight excluding hydrogens is 391 g/mol. The van der Waals surface area contributed by atoms with Gasteiger partial charge in [-0.1, -0.05) is 30.3 Å². The van der Waals surface area contributed by atoms with Crippen LogP contribution >= 0.6 is 0 Å². The van der Waals surface area contributed by atoms with E-state index in [2.05, 4.69) is 32.7 Å². The van der Waals surface area contributed by atoms with E-state index >= 15 is 0 Å². The molecular formula is C24H23FN6. The molecule has 2 bridgehead atoms. The summed E-state index contributed by atoms with van der Waals surface area (Å²) in [5, 5.41) is 12.8. The number of hydrogen-bond donors (Lipinski definition) is 2. The number of nitrogens with one attached hydrogen (secondary N) is 2. The van der Waals surface area contributed by atoms with Crippen LogP contribution < -0.4 is 15.5 Å². The first kappa shape index (κ1) is 18.3. The van der Waals surface area contributed by atoms with E-state index in [4.69, 9.17) is 5.10 Å². The number of fused-ring (bicyclic) bond motifs is 3. The Morgan fingerprint density at radius 2 is 2.00 bits per heavy atom. The van der Waals surface area contributed by atoms with Crippen molar-refractivity contribution in [3.8, 4) is 5.69 Å². The van der Waals surface area contributed by atoms with E-state index in [1.807, 2.05) is 41.1 Å². The first-order chi connectivity index (χ1) is 15.2. The fourth-order valence-electron chi connectivity index (χ4n) is 4.74. The van der Waals surface area contributed by atoms with Crippen LogP contribution in [-0.4, -0.2) is 39.9 Å². The monoisotopic (exact) mass is 414 g/mol. The lowest BCUT2D eigenvalue weighted by Gasteiger charge is -2.27. The molecule has 156 valence electrons. The van der Waals surface area contributed by atoms with E-state index in [9.17, 15) is 4.39 Å². The Bertz CT molecular complexity index is 1240. The van der Waals surface area contributed by atoms with Crippen LogP contribution in [-0.2, 0) is 6.54 Å². The molecule has 0 spiro atoms. The molecule has 6 rings (SSSR count). The van der Waals surface area contributed by atoms with Crippen molar-refractivity contribution < 1.29 is 4.39 Å². The largest absolute Gasteiger partial charge is 0.366 e. The lowest BCUT2D eigenvalue weighted by atomic mass is 10.2. The summed E-state index contributed by atoms with van der Waals surface area (Å²) in [6, 6.07) is 20.0. The molecule has 4 aromatic rings. The molecule has 2 saturated heterocycles. The molecule has 0 aliphatic carbocycles. The summed E-state index contributed by atoms with van der Waals surface area (Å²) in [6.45, 7) is 2.60. The standard InChI is InChI=1S/C24H23FN6/c25-17-6-7-21-22(10-17)31(29-24(21)30-15-18-11-20(30)14-27-18)19-8-9-26-23(12-19)28-13-16-4-2-1-3-5-16/h1-10,12,18,20,27H,11,13-15H2,(H,26,28)/t18-,20-/m0/s1. The number of halogens is 1. The van der Waals surface area contributed by atoms with Gasteiger partial charge in [0.25, 0.3) is 0 Å². The third-order valence-electron chi connectivity index (χ3n) is 6.26. The highest BCUT2D eigenvalue weighted by Gasteiger charge is 2.39. The molecule has 2 atom stereocenters.